The van der Waals surface area contributed by atoms with E-state index in [-0.39, 0.29) is 17.9 Å². The van der Waals surface area contributed by atoms with Crippen molar-refractivity contribution in [2.24, 2.45) is 5.92 Å². The van der Waals surface area contributed by atoms with Crippen LogP contribution in [0.4, 0.5) is 0 Å². The Bertz CT molecular complexity index is 482. The summed E-state index contributed by atoms with van der Waals surface area (Å²) in [6.45, 7) is 3.73. The van der Waals surface area contributed by atoms with Gasteiger partial charge in [0, 0.05) is 6.54 Å². The van der Waals surface area contributed by atoms with Gasteiger partial charge in [-0.3, -0.25) is 14.5 Å². The van der Waals surface area contributed by atoms with Gasteiger partial charge in [0.25, 0.3) is 0 Å². The van der Waals surface area contributed by atoms with E-state index in [0.29, 0.717) is 32.5 Å². The molecule has 0 bridgehead atoms. The average molecular weight is 290 g/mol. The fourth-order valence-corrected chi connectivity index (χ4v) is 2.63. The van der Waals surface area contributed by atoms with E-state index in [2.05, 4.69) is 10.2 Å². The van der Waals surface area contributed by atoms with Gasteiger partial charge in [-0.05, 0) is 38.4 Å². The summed E-state index contributed by atoms with van der Waals surface area (Å²) < 4.78 is 0. The lowest BCUT2D eigenvalue weighted by Gasteiger charge is -2.33. The molecule has 1 atom stereocenters. The molecule has 0 radical (unpaired) electrons. The number of nitrogens with one attached hydrogen (secondary N) is 1. The smallest absolute Gasteiger partial charge is 0.306 e. The monoisotopic (exact) mass is 290 g/mol. The molecule has 21 heavy (non-hydrogen) atoms. The molecule has 1 aliphatic heterocycles. The maximum atomic E-state index is 12.2. The molecule has 114 valence electrons. The van der Waals surface area contributed by atoms with Crippen LogP contribution in [0.2, 0.25) is 0 Å². The van der Waals surface area contributed by atoms with Gasteiger partial charge < -0.3 is 10.4 Å². The molecule has 1 aliphatic rings. The largest absolute Gasteiger partial charge is 0.481 e. The Morgan fingerprint density at radius 1 is 1.29 bits per heavy atom. The topological polar surface area (TPSA) is 69.6 Å². The van der Waals surface area contributed by atoms with Gasteiger partial charge in [0.1, 0.15) is 0 Å². The minimum Gasteiger partial charge on any atom is -0.481 e. The van der Waals surface area contributed by atoms with Gasteiger partial charge in [-0.15, -0.1) is 0 Å². The number of carboxylic acids is 1. The van der Waals surface area contributed by atoms with Crippen molar-refractivity contribution in [2.75, 3.05) is 13.1 Å². The van der Waals surface area contributed by atoms with Crippen molar-refractivity contribution in [3.05, 3.63) is 35.9 Å². The van der Waals surface area contributed by atoms with Crippen LogP contribution in [-0.2, 0) is 16.1 Å². The molecule has 5 nitrogen and oxygen atoms in total. The van der Waals surface area contributed by atoms with E-state index in [4.69, 9.17) is 5.11 Å². The van der Waals surface area contributed by atoms with Gasteiger partial charge in [-0.2, -0.15) is 0 Å². The Kier molecular flexibility index (Phi) is 5.33. The lowest BCUT2D eigenvalue weighted by Crippen LogP contribution is -2.48. The molecule has 1 amide bonds. The molecule has 1 aromatic carbocycles. The van der Waals surface area contributed by atoms with Crippen LogP contribution in [0.15, 0.2) is 30.3 Å². The minimum atomic E-state index is -0.726. The predicted octanol–water partition coefficient (Wildman–Crippen LogP) is 1.49. The van der Waals surface area contributed by atoms with Crippen molar-refractivity contribution in [3.8, 4) is 0 Å². The summed E-state index contributed by atoms with van der Waals surface area (Å²) in [5.41, 5.74) is 1.07. The van der Waals surface area contributed by atoms with Crippen molar-refractivity contribution < 1.29 is 14.7 Å². The van der Waals surface area contributed by atoms with E-state index in [1.54, 1.807) is 0 Å². The summed E-state index contributed by atoms with van der Waals surface area (Å²) >= 11 is 0. The van der Waals surface area contributed by atoms with Crippen LogP contribution >= 0.6 is 0 Å². The third kappa shape index (κ3) is 4.29. The maximum absolute atomic E-state index is 12.2. The zero-order chi connectivity index (χ0) is 15.2. The van der Waals surface area contributed by atoms with Gasteiger partial charge in [0.15, 0.2) is 0 Å². The van der Waals surface area contributed by atoms with Gasteiger partial charge in [-0.1, -0.05) is 30.3 Å². The van der Waals surface area contributed by atoms with Gasteiger partial charge in [0.05, 0.1) is 12.0 Å². The van der Waals surface area contributed by atoms with Crippen molar-refractivity contribution in [1.29, 1.82) is 0 Å². The second-order valence-electron chi connectivity index (χ2n) is 5.53. The highest BCUT2D eigenvalue weighted by Crippen LogP contribution is 2.19. The summed E-state index contributed by atoms with van der Waals surface area (Å²) in [6, 6.07) is 9.57. The van der Waals surface area contributed by atoms with E-state index in [9.17, 15) is 9.59 Å². The Morgan fingerprint density at radius 2 is 1.90 bits per heavy atom. The van der Waals surface area contributed by atoms with Crippen molar-refractivity contribution >= 4 is 11.9 Å². The number of hydrogen-bond acceptors (Lipinski definition) is 3. The molecular weight excluding hydrogens is 268 g/mol. The number of likely N-dealkylation sites (tertiary alicyclic amines) is 1. The molecule has 1 saturated heterocycles. The highest BCUT2D eigenvalue weighted by atomic mass is 16.4. The number of rotatable bonds is 5. The third-order valence-corrected chi connectivity index (χ3v) is 4.12. The van der Waals surface area contributed by atoms with Crippen molar-refractivity contribution in [3.63, 3.8) is 0 Å². The number of carbonyl (C=O) groups is 2. The molecular formula is C16H22N2O3. The molecule has 1 fully saturated rings. The number of aliphatic carboxylic acids is 1. The number of nitrogens with zero attached hydrogens (tertiary/aromatic N) is 1. The summed E-state index contributed by atoms with van der Waals surface area (Å²) in [5.74, 6) is -0.996. The normalized spacial score (nSPS) is 18.1. The predicted molar refractivity (Wildman–Crippen MR) is 79.7 cm³/mol. The van der Waals surface area contributed by atoms with Crippen LogP contribution in [0.5, 0.6) is 0 Å². The summed E-state index contributed by atoms with van der Waals surface area (Å²) in [5, 5.41) is 11.9. The van der Waals surface area contributed by atoms with Crippen LogP contribution in [0.3, 0.4) is 0 Å². The molecule has 0 saturated carbocycles. The molecule has 2 N–H and O–H groups in total. The zero-order valence-electron chi connectivity index (χ0n) is 12.3. The molecule has 1 aromatic rings. The number of hydrogen-bond donors (Lipinski definition) is 2. The van der Waals surface area contributed by atoms with E-state index >= 15 is 0 Å². The molecule has 2 rings (SSSR count). The second-order valence-corrected chi connectivity index (χ2v) is 5.53. The van der Waals surface area contributed by atoms with Crippen molar-refractivity contribution in [1.82, 2.24) is 10.2 Å². The van der Waals surface area contributed by atoms with E-state index in [1.807, 2.05) is 37.3 Å². The van der Waals surface area contributed by atoms with Crippen LogP contribution in [-0.4, -0.2) is 41.0 Å². The van der Waals surface area contributed by atoms with Gasteiger partial charge in [0.2, 0.25) is 5.91 Å². The first-order chi connectivity index (χ1) is 10.1. The Labute approximate surface area is 125 Å². The fourth-order valence-electron chi connectivity index (χ4n) is 2.63. The van der Waals surface area contributed by atoms with Gasteiger partial charge >= 0.3 is 5.97 Å². The Hall–Kier alpha value is -1.88. The lowest BCUT2D eigenvalue weighted by atomic mass is 9.96. The molecule has 0 spiro atoms. The quantitative estimate of drug-likeness (QED) is 0.862. The molecule has 0 aromatic heterocycles. The molecule has 0 aliphatic carbocycles. The highest BCUT2D eigenvalue weighted by molar-refractivity contribution is 5.81. The van der Waals surface area contributed by atoms with E-state index in [0.717, 1.165) is 5.56 Å². The average Bonchev–Trinajstić information content (AvgIpc) is 2.53. The fraction of sp³-hybridized carbons (Fsp3) is 0.500. The third-order valence-electron chi connectivity index (χ3n) is 4.12. The zero-order valence-corrected chi connectivity index (χ0v) is 12.3. The SMILES string of the molecule is CC(C(=O)NCc1ccccc1)N1CCC(C(=O)O)CC1. The van der Waals surface area contributed by atoms with Crippen LogP contribution in [0.1, 0.15) is 25.3 Å². The molecule has 1 heterocycles. The van der Waals surface area contributed by atoms with Crippen molar-refractivity contribution in [2.45, 2.75) is 32.4 Å². The minimum absolute atomic E-state index is 0.00683. The second kappa shape index (κ2) is 7.22. The Balaban J connectivity index is 1.79. The van der Waals surface area contributed by atoms with Gasteiger partial charge in [-0.25, -0.2) is 0 Å². The number of piperidine rings is 1. The molecule has 5 heteroatoms. The Morgan fingerprint density at radius 3 is 2.48 bits per heavy atom. The number of carboxylic acid groups (broad SMARTS) is 1. The number of carbonyl (C=O) groups excluding carboxylic acids is 1. The molecule has 1 unspecified atom stereocenters. The maximum Gasteiger partial charge on any atom is 0.306 e. The van der Waals surface area contributed by atoms with E-state index in [1.165, 1.54) is 0 Å². The summed E-state index contributed by atoms with van der Waals surface area (Å²) in [7, 11) is 0. The van der Waals surface area contributed by atoms with Crippen LogP contribution in [0.25, 0.3) is 0 Å². The number of benzene rings is 1. The first-order valence-corrected chi connectivity index (χ1v) is 7.36. The lowest BCUT2D eigenvalue weighted by molar-refractivity contribution is -0.143. The van der Waals surface area contributed by atoms with Crippen LogP contribution < -0.4 is 5.32 Å². The van der Waals surface area contributed by atoms with E-state index < -0.39 is 5.97 Å². The van der Waals surface area contributed by atoms with Crippen LogP contribution in [0, 0.1) is 5.92 Å². The summed E-state index contributed by atoms with van der Waals surface area (Å²) in [4.78, 5) is 25.1. The first kappa shape index (κ1) is 15.5. The number of amides is 1. The standard InChI is InChI=1S/C16H22N2O3/c1-12(18-9-7-14(8-10-18)16(20)21)15(19)17-11-13-5-3-2-4-6-13/h2-6,12,14H,7-11H2,1H3,(H,17,19)(H,20,21). The highest BCUT2D eigenvalue weighted by Gasteiger charge is 2.29. The first-order valence-electron chi connectivity index (χ1n) is 7.36. The summed E-state index contributed by atoms with van der Waals surface area (Å²) in [6.07, 6.45) is 1.23.